The average molecular weight is 469 g/mol. The van der Waals surface area contributed by atoms with E-state index in [0.29, 0.717) is 50.9 Å². The summed E-state index contributed by atoms with van der Waals surface area (Å²) in [6.45, 7) is 0.399. The molecule has 0 radical (unpaired) electrons. The first-order chi connectivity index (χ1) is 15.4. The maximum atomic E-state index is 13.5. The standard InChI is InChI=1S/C25H34F2O6/c1-21(26,27)20(29)33-25-10-17-3-18(11-25)9-24(8-17,14-25)32-19(28)12-31-23-6-15-2-16(7-23)5-22(30,4-15)13-23/h15-18,30H,2-14H2,1H3. The highest BCUT2D eigenvalue weighted by Crippen LogP contribution is 2.61. The predicted octanol–water partition coefficient (Wildman–Crippen LogP) is 3.92. The lowest BCUT2D eigenvalue weighted by Gasteiger charge is -2.60. The number of rotatable bonds is 6. The highest BCUT2D eigenvalue weighted by Gasteiger charge is 2.63. The first kappa shape index (κ1) is 22.2. The van der Waals surface area contributed by atoms with E-state index in [1.165, 1.54) is 0 Å². The molecule has 8 fully saturated rings. The van der Waals surface area contributed by atoms with Gasteiger partial charge in [0.25, 0.3) is 0 Å². The Labute approximate surface area is 192 Å². The van der Waals surface area contributed by atoms with Crippen molar-refractivity contribution in [2.24, 2.45) is 23.7 Å². The topological polar surface area (TPSA) is 82.1 Å². The van der Waals surface area contributed by atoms with E-state index in [-0.39, 0.29) is 24.9 Å². The summed E-state index contributed by atoms with van der Waals surface area (Å²) in [5, 5.41) is 10.9. The van der Waals surface area contributed by atoms with Crippen molar-refractivity contribution in [1.29, 1.82) is 0 Å². The number of hydrogen-bond acceptors (Lipinski definition) is 6. The summed E-state index contributed by atoms with van der Waals surface area (Å²) < 4.78 is 44.7. The van der Waals surface area contributed by atoms with Crippen LogP contribution in [0.25, 0.3) is 0 Å². The number of carbonyl (C=O) groups is 2. The molecule has 0 spiro atoms. The van der Waals surface area contributed by atoms with Crippen molar-refractivity contribution < 1.29 is 37.7 Å². The fourth-order valence-corrected chi connectivity index (χ4v) is 9.40. The van der Waals surface area contributed by atoms with Crippen LogP contribution in [0.2, 0.25) is 0 Å². The van der Waals surface area contributed by atoms with Crippen LogP contribution >= 0.6 is 0 Å². The van der Waals surface area contributed by atoms with E-state index in [4.69, 9.17) is 14.2 Å². The van der Waals surface area contributed by atoms with Gasteiger partial charge in [-0.05, 0) is 87.9 Å². The number of esters is 2. The molecule has 0 amide bonds. The van der Waals surface area contributed by atoms with Gasteiger partial charge in [0.15, 0.2) is 0 Å². The van der Waals surface area contributed by atoms with E-state index in [9.17, 15) is 23.5 Å². The SMILES string of the molecule is CC(F)(F)C(=O)OC12CC3CC(CC(OC(=O)COC45CC6CC(CC(O)(C6)C4)C5)(C3)C1)C2. The van der Waals surface area contributed by atoms with Crippen LogP contribution in [0, 0.1) is 23.7 Å². The van der Waals surface area contributed by atoms with Gasteiger partial charge in [0.1, 0.15) is 17.8 Å². The minimum Gasteiger partial charge on any atom is -0.457 e. The van der Waals surface area contributed by atoms with Gasteiger partial charge in [-0.2, -0.15) is 8.78 Å². The predicted molar refractivity (Wildman–Crippen MR) is 111 cm³/mol. The van der Waals surface area contributed by atoms with Gasteiger partial charge in [0.05, 0.1) is 11.2 Å². The molecule has 8 aliphatic carbocycles. The molecule has 0 saturated heterocycles. The summed E-state index contributed by atoms with van der Waals surface area (Å²) in [6.07, 6.45) is 8.91. The second-order valence-corrected chi connectivity index (χ2v) is 12.7. The maximum absolute atomic E-state index is 13.5. The fourth-order valence-electron chi connectivity index (χ4n) is 9.40. The van der Waals surface area contributed by atoms with E-state index in [0.717, 1.165) is 38.5 Å². The van der Waals surface area contributed by atoms with Crippen molar-refractivity contribution in [3.63, 3.8) is 0 Å². The summed E-state index contributed by atoms with van der Waals surface area (Å²) in [7, 11) is 0. The Kier molecular flexibility index (Phi) is 4.64. The average Bonchev–Trinajstić information content (AvgIpc) is 2.62. The number of halogens is 2. The first-order valence-corrected chi connectivity index (χ1v) is 12.6. The minimum atomic E-state index is -3.54. The quantitative estimate of drug-likeness (QED) is 0.595. The Morgan fingerprint density at radius 2 is 1.30 bits per heavy atom. The van der Waals surface area contributed by atoms with E-state index < -0.39 is 40.3 Å². The van der Waals surface area contributed by atoms with Crippen LogP contribution in [-0.4, -0.2) is 52.0 Å². The minimum absolute atomic E-state index is 0.160. The zero-order valence-electron chi connectivity index (χ0n) is 19.2. The Morgan fingerprint density at radius 1 is 0.818 bits per heavy atom. The van der Waals surface area contributed by atoms with Gasteiger partial charge < -0.3 is 19.3 Å². The smallest absolute Gasteiger partial charge is 0.377 e. The van der Waals surface area contributed by atoms with Crippen molar-refractivity contribution in [2.45, 2.75) is 112 Å². The molecule has 8 aliphatic rings. The number of ether oxygens (including phenoxy) is 3. The van der Waals surface area contributed by atoms with E-state index in [1.54, 1.807) is 0 Å². The van der Waals surface area contributed by atoms with Crippen LogP contribution in [0.3, 0.4) is 0 Å². The summed E-state index contributed by atoms with van der Waals surface area (Å²) in [4.78, 5) is 24.9. The van der Waals surface area contributed by atoms with Gasteiger partial charge in [-0.25, -0.2) is 9.59 Å². The molecule has 8 saturated carbocycles. The van der Waals surface area contributed by atoms with Crippen molar-refractivity contribution >= 4 is 11.9 Å². The van der Waals surface area contributed by atoms with E-state index in [1.807, 2.05) is 0 Å². The molecule has 0 heterocycles. The summed E-state index contributed by atoms with van der Waals surface area (Å²) in [6, 6.07) is 0. The second-order valence-electron chi connectivity index (χ2n) is 12.7. The van der Waals surface area contributed by atoms with Crippen molar-refractivity contribution in [2.75, 3.05) is 6.61 Å². The van der Waals surface area contributed by atoms with Gasteiger partial charge in [0.2, 0.25) is 0 Å². The maximum Gasteiger partial charge on any atom is 0.377 e. The summed E-state index contributed by atoms with van der Waals surface area (Å²) >= 11 is 0. The molecule has 6 nitrogen and oxygen atoms in total. The van der Waals surface area contributed by atoms with Gasteiger partial charge in [-0.3, -0.25) is 0 Å². The van der Waals surface area contributed by atoms with Crippen LogP contribution in [0.1, 0.15) is 84.0 Å². The van der Waals surface area contributed by atoms with Crippen LogP contribution in [0.4, 0.5) is 8.78 Å². The van der Waals surface area contributed by atoms with Crippen LogP contribution in [-0.2, 0) is 23.8 Å². The largest absolute Gasteiger partial charge is 0.457 e. The Morgan fingerprint density at radius 3 is 1.82 bits per heavy atom. The first-order valence-electron chi connectivity index (χ1n) is 12.6. The molecule has 0 aromatic carbocycles. The summed E-state index contributed by atoms with van der Waals surface area (Å²) in [5.41, 5.74) is -2.84. The molecule has 0 aromatic heterocycles. The molecular weight excluding hydrogens is 434 g/mol. The molecule has 4 atom stereocenters. The lowest BCUT2D eigenvalue weighted by Crippen LogP contribution is -2.63. The lowest BCUT2D eigenvalue weighted by atomic mass is 9.52. The highest BCUT2D eigenvalue weighted by molar-refractivity contribution is 5.77. The fraction of sp³-hybridized carbons (Fsp3) is 0.920. The van der Waals surface area contributed by atoms with Gasteiger partial charge in [-0.15, -0.1) is 0 Å². The Hall–Kier alpha value is -1.28. The molecule has 0 aromatic rings. The normalized spacial score (nSPS) is 49.3. The van der Waals surface area contributed by atoms with Gasteiger partial charge in [0, 0.05) is 19.8 Å². The molecule has 1 N–H and O–H groups in total. The lowest BCUT2D eigenvalue weighted by molar-refractivity contribution is -0.248. The van der Waals surface area contributed by atoms with Crippen molar-refractivity contribution in [1.82, 2.24) is 0 Å². The summed E-state index contributed by atoms with van der Waals surface area (Å²) in [5.74, 6) is -4.14. The zero-order valence-corrected chi connectivity index (χ0v) is 19.2. The molecular formula is C25H34F2O6. The molecule has 0 aliphatic heterocycles. The molecule has 8 rings (SSSR count). The molecule has 8 heteroatoms. The van der Waals surface area contributed by atoms with E-state index in [2.05, 4.69) is 0 Å². The van der Waals surface area contributed by atoms with Crippen molar-refractivity contribution in [3.8, 4) is 0 Å². The number of carbonyl (C=O) groups excluding carboxylic acids is 2. The van der Waals surface area contributed by atoms with Crippen LogP contribution in [0.5, 0.6) is 0 Å². The molecule has 184 valence electrons. The monoisotopic (exact) mass is 468 g/mol. The molecule has 4 unspecified atom stereocenters. The third-order valence-corrected chi connectivity index (χ3v) is 9.42. The number of aliphatic hydroxyl groups is 1. The van der Waals surface area contributed by atoms with Gasteiger partial charge in [-0.1, -0.05) is 0 Å². The third-order valence-electron chi connectivity index (χ3n) is 9.42. The molecule has 8 bridgehead atoms. The zero-order chi connectivity index (χ0) is 23.3. The Bertz CT molecular complexity index is 837. The third kappa shape index (κ3) is 3.89. The Balaban J connectivity index is 1.12. The van der Waals surface area contributed by atoms with Crippen LogP contribution in [0.15, 0.2) is 0 Å². The number of alkyl halides is 2. The highest BCUT2D eigenvalue weighted by atomic mass is 19.3. The number of hydrogen-bond donors (Lipinski definition) is 1. The molecule has 33 heavy (non-hydrogen) atoms. The van der Waals surface area contributed by atoms with Crippen molar-refractivity contribution in [3.05, 3.63) is 0 Å². The van der Waals surface area contributed by atoms with Gasteiger partial charge >= 0.3 is 17.9 Å². The van der Waals surface area contributed by atoms with Crippen LogP contribution < -0.4 is 0 Å². The second kappa shape index (κ2) is 6.90. The van der Waals surface area contributed by atoms with E-state index >= 15 is 0 Å².